The number of nitrogens with zero attached hydrogens (tertiary/aromatic N) is 2. The summed E-state index contributed by atoms with van der Waals surface area (Å²) in [7, 11) is 0.655. The van der Waals surface area contributed by atoms with Crippen LogP contribution in [0.5, 0.6) is 5.75 Å². The van der Waals surface area contributed by atoms with Crippen LogP contribution in [0.1, 0.15) is 16.9 Å². The molecule has 4 N–H and O–H groups in total. The summed E-state index contributed by atoms with van der Waals surface area (Å²) in [6, 6.07) is 25.4. The molecular weight excluding hydrogens is 493 g/mol. The molecule has 0 spiro atoms. The number of aromatic hydroxyl groups is 1. The Morgan fingerprint density at radius 1 is 1.11 bits per heavy atom. The highest BCUT2D eigenvalue weighted by Gasteiger charge is 2.30. The number of amidine groups is 1. The Balaban J connectivity index is 1.25. The molecule has 0 bridgehead atoms. The van der Waals surface area contributed by atoms with E-state index in [0.29, 0.717) is 26.6 Å². The number of para-hydroxylation sites is 2. The summed E-state index contributed by atoms with van der Waals surface area (Å²) < 4.78 is 5.94. The number of hydrogen-bond donors (Lipinski definition) is 4. The molecule has 1 atom stereocenters. The Bertz CT molecular complexity index is 1600. The van der Waals surface area contributed by atoms with Crippen LogP contribution in [0.2, 0.25) is 0 Å². The van der Waals surface area contributed by atoms with Gasteiger partial charge in [-0.3, -0.25) is 4.99 Å². The molecular formula is C30H28N5O2P. The van der Waals surface area contributed by atoms with Gasteiger partial charge in [-0.2, -0.15) is 0 Å². The highest BCUT2D eigenvalue weighted by atomic mass is 31.1. The van der Waals surface area contributed by atoms with E-state index < -0.39 is 0 Å². The largest absolute Gasteiger partial charge is 0.507 e. The zero-order valence-electron chi connectivity index (χ0n) is 21.0. The molecule has 2 aliphatic rings. The van der Waals surface area contributed by atoms with Gasteiger partial charge in [-0.1, -0.05) is 57.6 Å². The van der Waals surface area contributed by atoms with Gasteiger partial charge in [-0.15, -0.1) is 0 Å². The van der Waals surface area contributed by atoms with E-state index in [0.717, 1.165) is 51.7 Å². The van der Waals surface area contributed by atoms with Crippen molar-refractivity contribution in [2.24, 2.45) is 4.99 Å². The molecule has 3 heterocycles. The van der Waals surface area contributed by atoms with Crippen LogP contribution >= 0.6 is 8.58 Å². The number of hydrogen-bond acceptors (Lipinski definition) is 6. The van der Waals surface area contributed by atoms with E-state index >= 15 is 0 Å². The van der Waals surface area contributed by atoms with Gasteiger partial charge < -0.3 is 20.2 Å². The Labute approximate surface area is 223 Å². The molecule has 1 unspecified atom stereocenters. The van der Waals surface area contributed by atoms with Crippen molar-refractivity contribution < 1.29 is 9.52 Å². The van der Waals surface area contributed by atoms with E-state index in [1.165, 1.54) is 5.31 Å². The third-order valence-electron chi connectivity index (χ3n) is 6.54. The van der Waals surface area contributed by atoms with E-state index in [1.807, 2.05) is 71.7 Å². The topological polar surface area (TPSA) is 85.1 Å². The second-order valence-electron chi connectivity index (χ2n) is 9.07. The van der Waals surface area contributed by atoms with Gasteiger partial charge in [0.1, 0.15) is 23.0 Å². The fourth-order valence-electron chi connectivity index (χ4n) is 4.60. The van der Waals surface area contributed by atoms with Crippen molar-refractivity contribution in [3.05, 3.63) is 120 Å². The van der Waals surface area contributed by atoms with E-state index in [1.54, 1.807) is 6.07 Å². The third-order valence-corrected chi connectivity index (χ3v) is 7.56. The molecule has 8 heteroatoms. The predicted octanol–water partition coefficient (Wildman–Crippen LogP) is 6.06. The van der Waals surface area contributed by atoms with E-state index in [4.69, 9.17) is 9.41 Å². The Kier molecular flexibility index (Phi) is 6.46. The van der Waals surface area contributed by atoms with Crippen molar-refractivity contribution in [3.63, 3.8) is 0 Å². The second-order valence-corrected chi connectivity index (χ2v) is 10.2. The molecule has 6 rings (SSSR count). The summed E-state index contributed by atoms with van der Waals surface area (Å²) in [5.74, 6) is 2.72. The van der Waals surface area contributed by atoms with Crippen LogP contribution in [0.3, 0.4) is 0 Å². The molecule has 38 heavy (non-hydrogen) atoms. The number of phenols is 1. The smallest absolute Gasteiger partial charge is 0.151 e. The van der Waals surface area contributed by atoms with Crippen LogP contribution < -0.4 is 16.1 Å². The molecule has 0 fully saturated rings. The van der Waals surface area contributed by atoms with Crippen LogP contribution in [-0.4, -0.2) is 29.2 Å². The van der Waals surface area contributed by atoms with Gasteiger partial charge in [0.2, 0.25) is 0 Å². The quantitative estimate of drug-likeness (QED) is 0.221. The average molecular weight is 522 g/mol. The van der Waals surface area contributed by atoms with Gasteiger partial charge in [0.25, 0.3) is 0 Å². The zero-order chi connectivity index (χ0) is 26.1. The summed E-state index contributed by atoms with van der Waals surface area (Å²) in [5, 5.41) is 21.7. The third kappa shape index (κ3) is 4.70. The molecule has 0 saturated carbocycles. The number of nitrogens with one attached hydrogen (secondary N) is 3. The molecule has 7 nitrogen and oxygen atoms in total. The van der Waals surface area contributed by atoms with Gasteiger partial charge in [0.05, 0.1) is 17.9 Å². The summed E-state index contributed by atoms with van der Waals surface area (Å²) in [6.07, 6.45) is 1.97. The molecule has 190 valence electrons. The van der Waals surface area contributed by atoms with Crippen molar-refractivity contribution in [3.8, 4) is 5.75 Å². The number of rotatable bonds is 7. The van der Waals surface area contributed by atoms with Gasteiger partial charge in [-0.25, -0.2) is 10.4 Å². The maximum atomic E-state index is 10.5. The van der Waals surface area contributed by atoms with E-state index in [-0.39, 0.29) is 5.75 Å². The van der Waals surface area contributed by atoms with Crippen LogP contribution in [0.25, 0.3) is 22.4 Å². The monoisotopic (exact) mass is 521 g/mol. The number of fused-ring (bicyclic) bond motifs is 2. The summed E-state index contributed by atoms with van der Waals surface area (Å²) in [6.45, 7) is 7.59. The van der Waals surface area contributed by atoms with Crippen LogP contribution in [-0.2, 0) is 6.54 Å². The second kappa shape index (κ2) is 10.2. The van der Waals surface area contributed by atoms with Gasteiger partial charge >= 0.3 is 0 Å². The molecule has 3 aromatic carbocycles. The minimum atomic E-state index is 0.231. The fraction of sp³-hybridized carbons (Fsp3) is 0.100. The zero-order valence-corrected chi connectivity index (χ0v) is 22.0. The standard InChI is InChI=1S/C30H28N5O2P/c1-19(27-15-21-9-3-6-13-26(21)37-27)33-22-10-7-8-20(14-22)17-31-29-16-24(23-11-4-5-12-25(23)36)34-30-28(38-2)18-32-35(29)30/h3-16,32-34,36,38H,1,17-18H2,2H3. The summed E-state index contributed by atoms with van der Waals surface area (Å²) in [5.41, 5.74) is 8.50. The molecule has 0 aliphatic carbocycles. The van der Waals surface area contributed by atoms with Crippen molar-refractivity contribution in [1.82, 2.24) is 15.8 Å². The maximum absolute atomic E-state index is 10.5. The molecule has 0 radical (unpaired) electrons. The Hall–Kier alpha value is -4.32. The lowest BCUT2D eigenvalue weighted by atomic mass is 10.1. The highest BCUT2D eigenvalue weighted by molar-refractivity contribution is 7.42. The first kappa shape index (κ1) is 24.0. The van der Waals surface area contributed by atoms with E-state index in [2.05, 4.69) is 41.4 Å². The van der Waals surface area contributed by atoms with E-state index in [9.17, 15) is 5.11 Å². The highest BCUT2D eigenvalue weighted by Crippen LogP contribution is 2.34. The SMILES string of the molecule is C=C(Nc1cccc(CN=C2C=C(c3ccccc3O)NC3=C(PC)CNN23)c1)c1cc2ccccc2o1. The predicted molar refractivity (Wildman–Crippen MR) is 157 cm³/mol. The number of hydrazine groups is 1. The van der Waals surface area contributed by atoms with Gasteiger partial charge in [0.15, 0.2) is 5.76 Å². The number of furan rings is 1. The summed E-state index contributed by atoms with van der Waals surface area (Å²) in [4.78, 5) is 4.96. The first-order valence-corrected chi connectivity index (χ1v) is 13.9. The summed E-state index contributed by atoms with van der Waals surface area (Å²) >= 11 is 0. The van der Waals surface area contributed by atoms with Gasteiger partial charge in [0, 0.05) is 34.6 Å². The lowest BCUT2D eigenvalue weighted by Crippen LogP contribution is -2.43. The number of benzene rings is 3. The minimum absolute atomic E-state index is 0.231. The molecule has 0 amide bonds. The molecule has 4 aromatic rings. The first-order chi connectivity index (χ1) is 18.6. The van der Waals surface area contributed by atoms with Crippen LogP contribution in [0.15, 0.2) is 112 Å². The molecule has 1 aromatic heterocycles. The normalized spacial score (nSPS) is 16.3. The van der Waals surface area contributed by atoms with Crippen molar-refractivity contribution in [2.75, 3.05) is 18.5 Å². The number of anilines is 1. The minimum Gasteiger partial charge on any atom is -0.507 e. The Morgan fingerprint density at radius 2 is 1.95 bits per heavy atom. The van der Waals surface area contributed by atoms with Crippen LogP contribution in [0.4, 0.5) is 5.69 Å². The van der Waals surface area contributed by atoms with Crippen molar-refractivity contribution in [2.45, 2.75) is 6.54 Å². The van der Waals surface area contributed by atoms with Crippen LogP contribution in [0, 0.1) is 0 Å². The maximum Gasteiger partial charge on any atom is 0.151 e. The Morgan fingerprint density at radius 3 is 2.79 bits per heavy atom. The average Bonchev–Trinajstić information content (AvgIpc) is 3.56. The van der Waals surface area contributed by atoms with Gasteiger partial charge in [-0.05, 0) is 48.6 Å². The van der Waals surface area contributed by atoms with Crippen molar-refractivity contribution in [1.29, 1.82) is 0 Å². The number of aliphatic imine (C=N–C) groups is 1. The molecule has 0 saturated heterocycles. The lowest BCUT2D eigenvalue weighted by Gasteiger charge is -2.29. The molecule has 2 aliphatic heterocycles. The number of phenolic OH excluding ortho intramolecular Hbond substituents is 1. The van der Waals surface area contributed by atoms with Crippen molar-refractivity contribution >= 4 is 42.5 Å². The first-order valence-electron chi connectivity index (χ1n) is 12.4. The fourth-order valence-corrected chi connectivity index (χ4v) is 5.26. The lowest BCUT2D eigenvalue weighted by molar-refractivity contribution is 0.411.